The Labute approximate surface area is 132 Å². The van der Waals surface area contributed by atoms with E-state index in [2.05, 4.69) is 15.9 Å². The molecule has 0 spiro atoms. The van der Waals surface area contributed by atoms with Crippen molar-refractivity contribution < 1.29 is 4.42 Å². The fourth-order valence-corrected chi connectivity index (χ4v) is 3.87. The van der Waals surface area contributed by atoms with E-state index in [-0.39, 0.29) is 6.04 Å². The lowest BCUT2D eigenvalue weighted by Crippen LogP contribution is -2.08. The number of nitrogens with two attached hydrogens (primary N) is 1. The number of thiophene rings is 1. The van der Waals surface area contributed by atoms with E-state index < -0.39 is 0 Å². The standard InChI is InChI=1S/C13H8BrCl2NOS/c14-11-2-1-10(19-11)12(17)9-4-6-3-7(15)5-8(16)13(6)18-9/h1-5,12H,17H2. The maximum absolute atomic E-state index is 6.20. The van der Waals surface area contributed by atoms with Crippen molar-refractivity contribution in [3.05, 3.63) is 54.8 Å². The summed E-state index contributed by atoms with van der Waals surface area (Å²) in [5.41, 5.74) is 6.82. The third-order valence-corrected chi connectivity index (χ3v) is 4.97. The smallest absolute Gasteiger partial charge is 0.153 e. The van der Waals surface area contributed by atoms with Crippen LogP contribution < -0.4 is 5.73 Å². The molecule has 98 valence electrons. The van der Waals surface area contributed by atoms with Gasteiger partial charge < -0.3 is 10.2 Å². The quantitative estimate of drug-likeness (QED) is 0.631. The molecule has 3 aromatic rings. The fourth-order valence-electron chi connectivity index (χ4n) is 1.88. The zero-order chi connectivity index (χ0) is 13.6. The molecular weight excluding hydrogens is 369 g/mol. The second-order valence-corrected chi connectivity index (χ2v) is 7.41. The van der Waals surface area contributed by atoms with Gasteiger partial charge in [-0.3, -0.25) is 0 Å². The van der Waals surface area contributed by atoms with Gasteiger partial charge in [0.25, 0.3) is 0 Å². The van der Waals surface area contributed by atoms with Crippen LogP contribution in [0.15, 0.2) is 38.5 Å². The highest BCUT2D eigenvalue weighted by Gasteiger charge is 2.17. The maximum Gasteiger partial charge on any atom is 0.153 e. The summed E-state index contributed by atoms with van der Waals surface area (Å²) in [6, 6.07) is 8.98. The predicted octanol–water partition coefficient (Wildman–Crippen LogP) is 5.61. The molecule has 0 aliphatic rings. The summed E-state index contributed by atoms with van der Waals surface area (Å²) in [6.07, 6.45) is 0. The van der Waals surface area contributed by atoms with E-state index in [1.165, 1.54) is 0 Å². The van der Waals surface area contributed by atoms with Gasteiger partial charge in [-0.15, -0.1) is 11.3 Å². The van der Waals surface area contributed by atoms with Crippen molar-refractivity contribution in [2.24, 2.45) is 5.73 Å². The van der Waals surface area contributed by atoms with Crippen molar-refractivity contribution in [2.75, 3.05) is 0 Å². The van der Waals surface area contributed by atoms with Gasteiger partial charge in [0.1, 0.15) is 5.76 Å². The van der Waals surface area contributed by atoms with Gasteiger partial charge in [-0.25, -0.2) is 0 Å². The van der Waals surface area contributed by atoms with E-state index in [4.69, 9.17) is 33.4 Å². The van der Waals surface area contributed by atoms with Crippen LogP contribution in [-0.2, 0) is 0 Å². The Bertz CT molecular complexity index is 752. The average molecular weight is 377 g/mol. The van der Waals surface area contributed by atoms with E-state index in [1.54, 1.807) is 17.4 Å². The molecule has 3 rings (SSSR count). The first-order valence-electron chi connectivity index (χ1n) is 5.44. The Morgan fingerprint density at radius 3 is 2.68 bits per heavy atom. The van der Waals surface area contributed by atoms with E-state index in [0.717, 1.165) is 14.0 Å². The molecule has 6 heteroatoms. The summed E-state index contributed by atoms with van der Waals surface area (Å²) < 4.78 is 6.79. The van der Waals surface area contributed by atoms with E-state index >= 15 is 0 Å². The van der Waals surface area contributed by atoms with Crippen LogP contribution in [0.1, 0.15) is 16.7 Å². The van der Waals surface area contributed by atoms with Crippen LogP contribution in [0.3, 0.4) is 0 Å². The molecule has 1 unspecified atom stereocenters. The monoisotopic (exact) mass is 375 g/mol. The molecule has 0 saturated carbocycles. The maximum atomic E-state index is 6.20. The number of hydrogen-bond acceptors (Lipinski definition) is 3. The summed E-state index contributed by atoms with van der Waals surface area (Å²) in [5.74, 6) is 0.675. The van der Waals surface area contributed by atoms with Crippen LogP contribution >= 0.6 is 50.5 Å². The SMILES string of the molecule is NC(c1cc2cc(Cl)cc(Cl)c2o1)c1ccc(Br)s1. The molecule has 0 fully saturated rings. The van der Waals surface area contributed by atoms with Gasteiger partial charge in [0.2, 0.25) is 0 Å². The van der Waals surface area contributed by atoms with Crippen molar-refractivity contribution in [1.82, 2.24) is 0 Å². The number of fused-ring (bicyclic) bond motifs is 1. The van der Waals surface area contributed by atoms with E-state index in [1.807, 2.05) is 24.3 Å². The molecular formula is C13H8BrCl2NOS. The number of benzene rings is 1. The van der Waals surface area contributed by atoms with Crippen molar-refractivity contribution in [2.45, 2.75) is 6.04 Å². The first-order valence-corrected chi connectivity index (χ1v) is 7.80. The van der Waals surface area contributed by atoms with Gasteiger partial charge in [0, 0.05) is 15.3 Å². The van der Waals surface area contributed by atoms with Crippen molar-refractivity contribution >= 4 is 61.4 Å². The molecule has 19 heavy (non-hydrogen) atoms. The summed E-state index contributed by atoms with van der Waals surface area (Å²) in [6.45, 7) is 0. The highest BCUT2D eigenvalue weighted by Crippen LogP contribution is 2.35. The van der Waals surface area contributed by atoms with Gasteiger partial charge in [-0.1, -0.05) is 23.2 Å². The first kappa shape index (κ1) is 13.5. The lowest BCUT2D eigenvalue weighted by molar-refractivity contribution is 0.528. The zero-order valence-corrected chi connectivity index (χ0v) is 13.4. The first-order chi connectivity index (χ1) is 9.04. The summed E-state index contributed by atoms with van der Waals surface area (Å²) in [4.78, 5) is 1.02. The van der Waals surface area contributed by atoms with Crippen molar-refractivity contribution in [3.63, 3.8) is 0 Å². The molecule has 2 aromatic heterocycles. The highest BCUT2D eigenvalue weighted by atomic mass is 79.9. The number of furan rings is 1. The van der Waals surface area contributed by atoms with Crippen LogP contribution in [0.5, 0.6) is 0 Å². The van der Waals surface area contributed by atoms with Gasteiger partial charge >= 0.3 is 0 Å². The van der Waals surface area contributed by atoms with Crippen molar-refractivity contribution in [3.8, 4) is 0 Å². The van der Waals surface area contributed by atoms with E-state index in [9.17, 15) is 0 Å². The minimum Gasteiger partial charge on any atom is -0.457 e. The third kappa shape index (κ3) is 2.56. The van der Waals surface area contributed by atoms with Crippen LogP contribution in [-0.4, -0.2) is 0 Å². The molecule has 0 bridgehead atoms. The van der Waals surface area contributed by atoms with Gasteiger partial charge in [0.15, 0.2) is 5.58 Å². The lowest BCUT2D eigenvalue weighted by atomic mass is 10.2. The predicted molar refractivity (Wildman–Crippen MR) is 84.3 cm³/mol. The Hall–Kier alpha value is -0.520. The van der Waals surface area contributed by atoms with Gasteiger partial charge in [-0.2, -0.15) is 0 Å². The molecule has 2 heterocycles. The molecule has 0 aliphatic heterocycles. The summed E-state index contributed by atoms with van der Waals surface area (Å²) >= 11 is 17.1. The fraction of sp³-hybridized carbons (Fsp3) is 0.0769. The second kappa shape index (κ2) is 5.11. The van der Waals surface area contributed by atoms with Crippen LogP contribution in [0, 0.1) is 0 Å². The molecule has 2 nitrogen and oxygen atoms in total. The minimum absolute atomic E-state index is 0.307. The molecule has 0 saturated heterocycles. The number of halogens is 3. The molecule has 2 N–H and O–H groups in total. The molecule has 0 aliphatic carbocycles. The van der Waals surface area contributed by atoms with Gasteiger partial charge in [0.05, 0.1) is 14.9 Å². The molecule has 0 radical (unpaired) electrons. The Morgan fingerprint density at radius 2 is 2.00 bits per heavy atom. The Morgan fingerprint density at radius 1 is 1.21 bits per heavy atom. The molecule has 0 amide bonds. The molecule has 1 aromatic carbocycles. The largest absolute Gasteiger partial charge is 0.457 e. The topological polar surface area (TPSA) is 39.2 Å². The zero-order valence-electron chi connectivity index (χ0n) is 9.49. The Balaban J connectivity index is 2.08. The number of hydrogen-bond donors (Lipinski definition) is 1. The van der Waals surface area contributed by atoms with Crippen LogP contribution in [0.25, 0.3) is 11.0 Å². The third-order valence-electron chi connectivity index (χ3n) is 2.76. The summed E-state index contributed by atoms with van der Waals surface area (Å²) in [5, 5.41) is 1.93. The second-order valence-electron chi connectivity index (χ2n) is 4.07. The molecule has 1 atom stereocenters. The van der Waals surface area contributed by atoms with Gasteiger partial charge in [-0.05, 0) is 46.3 Å². The average Bonchev–Trinajstić information content (AvgIpc) is 2.94. The van der Waals surface area contributed by atoms with Crippen LogP contribution in [0.4, 0.5) is 0 Å². The minimum atomic E-state index is -0.307. The van der Waals surface area contributed by atoms with E-state index in [0.29, 0.717) is 21.4 Å². The Kier molecular flexibility index (Phi) is 3.62. The normalized spacial score (nSPS) is 13.1. The van der Waals surface area contributed by atoms with Crippen molar-refractivity contribution in [1.29, 1.82) is 0 Å². The van der Waals surface area contributed by atoms with Crippen LogP contribution in [0.2, 0.25) is 10.0 Å². The highest BCUT2D eigenvalue weighted by molar-refractivity contribution is 9.11. The number of rotatable bonds is 2. The summed E-state index contributed by atoms with van der Waals surface area (Å²) in [7, 11) is 0. The lowest BCUT2D eigenvalue weighted by Gasteiger charge is -2.04.